The highest BCUT2D eigenvalue weighted by atomic mass is 16.6. The lowest BCUT2D eigenvalue weighted by Crippen LogP contribution is -2.09. The molecule has 0 amide bonds. The van der Waals surface area contributed by atoms with Gasteiger partial charge in [0.25, 0.3) is 0 Å². The second-order valence-electron chi connectivity index (χ2n) is 6.30. The fourth-order valence-corrected chi connectivity index (χ4v) is 1.52. The summed E-state index contributed by atoms with van der Waals surface area (Å²) in [6.07, 6.45) is 6.05. The smallest absolute Gasteiger partial charge is 0.327 e. The number of carboxylic acids is 1. The van der Waals surface area contributed by atoms with Gasteiger partial charge in [-0.1, -0.05) is 40.2 Å². The van der Waals surface area contributed by atoms with E-state index in [1.807, 2.05) is 0 Å². The largest absolute Gasteiger partial charge is 0.478 e. The monoisotopic (exact) mass is 300 g/mol. The third-order valence-electron chi connectivity index (χ3n) is 2.81. The van der Waals surface area contributed by atoms with E-state index in [1.54, 1.807) is 0 Å². The maximum Gasteiger partial charge on any atom is 0.327 e. The number of hydrogen-bond acceptors (Lipinski definition) is 4. The van der Waals surface area contributed by atoms with Crippen molar-refractivity contribution < 1.29 is 24.2 Å². The van der Waals surface area contributed by atoms with Crippen molar-refractivity contribution in [1.82, 2.24) is 0 Å². The number of carbonyl (C=O) groups is 2. The predicted octanol–water partition coefficient (Wildman–Crippen LogP) is 3.18. The number of esters is 1. The molecule has 1 N–H and O–H groups in total. The van der Waals surface area contributed by atoms with Crippen LogP contribution in [0, 0.1) is 5.41 Å². The van der Waals surface area contributed by atoms with Crippen LogP contribution in [0.25, 0.3) is 0 Å². The molecule has 1 rings (SSSR count). The van der Waals surface area contributed by atoms with Crippen LogP contribution < -0.4 is 0 Å². The number of hydrogen-bond donors (Lipinski definition) is 1. The first-order valence-corrected chi connectivity index (χ1v) is 7.37. The number of carboxylic acid groups (broad SMARTS) is 1. The minimum absolute atomic E-state index is 0.0775. The molecule has 122 valence electrons. The second kappa shape index (κ2) is 10.4. The van der Waals surface area contributed by atoms with E-state index in [0.29, 0.717) is 18.4 Å². The third-order valence-corrected chi connectivity index (χ3v) is 2.81. The molecule has 1 aliphatic rings. The molecule has 1 aliphatic heterocycles. The number of epoxide rings is 1. The zero-order chi connectivity index (χ0) is 16.3. The van der Waals surface area contributed by atoms with Crippen LogP contribution in [0.3, 0.4) is 0 Å². The maximum absolute atomic E-state index is 11.3. The van der Waals surface area contributed by atoms with Gasteiger partial charge in [0.2, 0.25) is 0 Å². The standard InChI is InChI=1S/C13H24O3.C3H4O2/c1-13(2,3)8-6-4-5-7-12(14)16-10-11-9-15-11;1-2-3(4)5/h11H,4-10H2,1-3H3;2H,1H2,(H,4,5). The number of unbranched alkanes of at least 4 members (excludes halogenated alkanes) is 2. The molecule has 0 aliphatic carbocycles. The number of aliphatic carboxylic acids is 1. The van der Waals surface area contributed by atoms with Crippen molar-refractivity contribution in [1.29, 1.82) is 0 Å². The molecular weight excluding hydrogens is 272 g/mol. The predicted molar refractivity (Wildman–Crippen MR) is 81.1 cm³/mol. The van der Waals surface area contributed by atoms with Crippen molar-refractivity contribution >= 4 is 11.9 Å². The molecule has 0 aromatic heterocycles. The summed E-state index contributed by atoms with van der Waals surface area (Å²) in [4.78, 5) is 20.5. The average molecular weight is 300 g/mol. The van der Waals surface area contributed by atoms with Gasteiger partial charge in [0.05, 0.1) is 6.61 Å². The third kappa shape index (κ3) is 16.6. The molecule has 5 nitrogen and oxygen atoms in total. The van der Waals surface area contributed by atoms with Gasteiger partial charge in [0.1, 0.15) is 12.7 Å². The molecule has 5 heteroatoms. The van der Waals surface area contributed by atoms with Gasteiger partial charge in [-0.25, -0.2) is 4.79 Å². The molecule has 21 heavy (non-hydrogen) atoms. The number of carbonyl (C=O) groups excluding carboxylic acids is 1. The van der Waals surface area contributed by atoms with Gasteiger partial charge in [-0.05, 0) is 18.3 Å². The minimum Gasteiger partial charge on any atom is -0.478 e. The normalized spacial score (nSPS) is 16.4. The van der Waals surface area contributed by atoms with Gasteiger partial charge in [-0.15, -0.1) is 0 Å². The Kier molecular flexibility index (Phi) is 9.71. The highest BCUT2D eigenvalue weighted by Gasteiger charge is 2.23. The zero-order valence-corrected chi connectivity index (χ0v) is 13.4. The zero-order valence-electron chi connectivity index (χ0n) is 13.4. The van der Waals surface area contributed by atoms with Crippen LogP contribution in [0.4, 0.5) is 0 Å². The van der Waals surface area contributed by atoms with E-state index in [9.17, 15) is 9.59 Å². The van der Waals surface area contributed by atoms with Crippen LogP contribution in [0.5, 0.6) is 0 Å². The van der Waals surface area contributed by atoms with Crippen LogP contribution in [0.15, 0.2) is 12.7 Å². The molecule has 1 unspecified atom stereocenters. The van der Waals surface area contributed by atoms with Crippen LogP contribution in [-0.4, -0.2) is 36.4 Å². The Morgan fingerprint density at radius 1 is 1.33 bits per heavy atom. The maximum atomic E-state index is 11.3. The highest BCUT2D eigenvalue weighted by Crippen LogP contribution is 2.22. The fourth-order valence-electron chi connectivity index (χ4n) is 1.52. The molecule has 1 atom stereocenters. The molecule has 0 bridgehead atoms. The molecule has 0 saturated carbocycles. The second-order valence-corrected chi connectivity index (χ2v) is 6.30. The van der Waals surface area contributed by atoms with Crippen molar-refractivity contribution in [3.8, 4) is 0 Å². The summed E-state index contributed by atoms with van der Waals surface area (Å²) < 4.78 is 10.0. The molecule has 1 heterocycles. The Morgan fingerprint density at radius 3 is 2.33 bits per heavy atom. The van der Waals surface area contributed by atoms with E-state index in [2.05, 4.69) is 27.4 Å². The first kappa shape index (κ1) is 19.6. The van der Waals surface area contributed by atoms with Crippen LogP contribution >= 0.6 is 0 Å². The summed E-state index contributed by atoms with van der Waals surface area (Å²) >= 11 is 0. The van der Waals surface area contributed by atoms with Gasteiger partial charge >= 0.3 is 11.9 Å². The molecule has 1 fully saturated rings. The van der Waals surface area contributed by atoms with E-state index < -0.39 is 5.97 Å². The fraction of sp³-hybridized carbons (Fsp3) is 0.750. The lowest BCUT2D eigenvalue weighted by molar-refractivity contribution is -0.144. The molecule has 0 radical (unpaired) electrons. The van der Waals surface area contributed by atoms with Gasteiger partial charge in [0.15, 0.2) is 0 Å². The Labute approximate surface area is 127 Å². The summed E-state index contributed by atoms with van der Waals surface area (Å²) in [5, 5.41) is 7.60. The van der Waals surface area contributed by atoms with Gasteiger partial charge in [-0.3, -0.25) is 4.79 Å². The lowest BCUT2D eigenvalue weighted by Gasteiger charge is -2.17. The van der Waals surface area contributed by atoms with E-state index in [-0.39, 0.29) is 12.1 Å². The Balaban J connectivity index is 0.000000690. The number of rotatable bonds is 8. The Hall–Kier alpha value is -1.36. The summed E-state index contributed by atoms with van der Waals surface area (Å²) in [5.74, 6) is -1.06. The van der Waals surface area contributed by atoms with Crippen LogP contribution in [-0.2, 0) is 19.1 Å². The van der Waals surface area contributed by atoms with Gasteiger partial charge in [0, 0.05) is 12.5 Å². The van der Waals surface area contributed by atoms with E-state index in [1.165, 1.54) is 12.8 Å². The van der Waals surface area contributed by atoms with Crippen LogP contribution in [0.2, 0.25) is 0 Å². The van der Waals surface area contributed by atoms with Gasteiger partial charge in [-0.2, -0.15) is 0 Å². The van der Waals surface area contributed by atoms with Crippen molar-refractivity contribution in [3.05, 3.63) is 12.7 Å². The van der Waals surface area contributed by atoms with E-state index in [0.717, 1.165) is 25.5 Å². The average Bonchev–Trinajstić information content (AvgIpc) is 3.19. The Bertz CT molecular complexity index is 326. The van der Waals surface area contributed by atoms with Crippen molar-refractivity contribution in [3.63, 3.8) is 0 Å². The number of ether oxygens (including phenoxy) is 2. The van der Waals surface area contributed by atoms with Crippen molar-refractivity contribution in [2.45, 2.75) is 59.0 Å². The summed E-state index contributed by atoms with van der Waals surface area (Å²) in [6, 6.07) is 0. The van der Waals surface area contributed by atoms with E-state index >= 15 is 0 Å². The molecule has 0 aromatic rings. The molecule has 0 spiro atoms. The first-order chi connectivity index (χ1) is 9.74. The summed E-state index contributed by atoms with van der Waals surface area (Å²) in [5.41, 5.74) is 0.407. The minimum atomic E-state index is -0.981. The summed E-state index contributed by atoms with van der Waals surface area (Å²) in [6.45, 7) is 10.9. The SMILES string of the molecule is C=CC(=O)O.CC(C)(C)CCCCCC(=O)OCC1CO1. The molecule has 0 aromatic carbocycles. The topological polar surface area (TPSA) is 76.1 Å². The van der Waals surface area contributed by atoms with Crippen LogP contribution in [0.1, 0.15) is 52.9 Å². The first-order valence-electron chi connectivity index (χ1n) is 7.37. The van der Waals surface area contributed by atoms with Crippen molar-refractivity contribution in [2.75, 3.05) is 13.2 Å². The molecule has 1 saturated heterocycles. The Morgan fingerprint density at radius 2 is 1.90 bits per heavy atom. The quantitative estimate of drug-likeness (QED) is 0.322. The van der Waals surface area contributed by atoms with E-state index in [4.69, 9.17) is 14.6 Å². The van der Waals surface area contributed by atoms with Gasteiger partial charge < -0.3 is 14.6 Å². The highest BCUT2D eigenvalue weighted by molar-refractivity contribution is 5.78. The summed E-state index contributed by atoms with van der Waals surface area (Å²) in [7, 11) is 0. The molecular formula is C16H28O5. The lowest BCUT2D eigenvalue weighted by atomic mass is 9.89. The van der Waals surface area contributed by atoms with Crippen molar-refractivity contribution in [2.24, 2.45) is 5.41 Å².